The molecule has 0 aromatic heterocycles. The Morgan fingerprint density at radius 2 is 2.22 bits per heavy atom. The fraction of sp³-hybridized carbons (Fsp3) is 0.462. The van der Waals surface area contributed by atoms with Crippen LogP contribution in [-0.2, 0) is 16.1 Å². The number of hydrogen-bond donors (Lipinski definition) is 1. The summed E-state index contributed by atoms with van der Waals surface area (Å²) in [5.74, 6) is 0.0780. The monoisotopic (exact) mass is 255 g/mol. The highest BCUT2D eigenvalue weighted by molar-refractivity contribution is 5.69. The molecule has 0 heterocycles. The first kappa shape index (κ1) is 14.4. The summed E-state index contributed by atoms with van der Waals surface area (Å²) in [5.41, 5.74) is 0.723. The van der Waals surface area contributed by atoms with Gasteiger partial charge in [-0.3, -0.25) is 4.79 Å². The molecule has 1 rings (SSSR count). The summed E-state index contributed by atoms with van der Waals surface area (Å²) in [6, 6.07) is 4.34. The third kappa shape index (κ3) is 4.71. The van der Waals surface area contributed by atoms with Gasteiger partial charge in [-0.25, -0.2) is 4.39 Å². The molecule has 0 fully saturated rings. The summed E-state index contributed by atoms with van der Waals surface area (Å²) >= 11 is 0. The summed E-state index contributed by atoms with van der Waals surface area (Å²) in [5, 5.41) is 3.05. The van der Waals surface area contributed by atoms with Gasteiger partial charge >= 0.3 is 5.97 Å². The fourth-order valence-corrected chi connectivity index (χ4v) is 1.53. The quantitative estimate of drug-likeness (QED) is 0.597. The summed E-state index contributed by atoms with van der Waals surface area (Å²) in [6.45, 7) is 3.08. The van der Waals surface area contributed by atoms with E-state index in [0.717, 1.165) is 5.56 Å². The highest BCUT2D eigenvalue weighted by Gasteiger charge is 2.05. The number of nitrogens with one attached hydrogen (secondary N) is 1. The predicted octanol–water partition coefficient (Wildman–Crippen LogP) is 1.88. The second-order valence-electron chi connectivity index (χ2n) is 3.69. The largest absolute Gasteiger partial charge is 0.496 e. The minimum atomic E-state index is -0.307. The Labute approximate surface area is 106 Å². The molecule has 0 aliphatic rings. The zero-order valence-electron chi connectivity index (χ0n) is 10.7. The van der Waals surface area contributed by atoms with Crippen LogP contribution in [0.4, 0.5) is 4.39 Å². The second kappa shape index (κ2) is 7.66. The number of rotatable bonds is 7. The minimum absolute atomic E-state index is 0.240. The van der Waals surface area contributed by atoms with Crippen LogP contribution in [0.15, 0.2) is 18.2 Å². The zero-order valence-corrected chi connectivity index (χ0v) is 10.7. The zero-order chi connectivity index (χ0) is 13.4. The van der Waals surface area contributed by atoms with Gasteiger partial charge in [0.25, 0.3) is 0 Å². The number of ether oxygens (including phenoxy) is 2. The van der Waals surface area contributed by atoms with Crippen molar-refractivity contribution in [3.8, 4) is 5.75 Å². The molecule has 1 aromatic rings. The Kier molecular flexibility index (Phi) is 6.14. The van der Waals surface area contributed by atoms with Crippen LogP contribution in [0.5, 0.6) is 5.75 Å². The first-order valence-corrected chi connectivity index (χ1v) is 5.86. The molecule has 0 saturated heterocycles. The highest BCUT2D eigenvalue weighted by Crippen LogP contribution is 2.18. The first-order chi connectivity index (χ1) is 8.67. The molecule has 1 aromatic carbocycles. The van der Waals surface area contributed by atoms with E-state index in [2.05, 4.69) is 5.32 Å². The van der Waals surface area contributed by atoms with Gasteiger partial charge in [-0.2, -0.15) is 0 Å². The number of carbonyl (C=O) groups is 1. The number of benzene rings is 1. The third-order valence-electron chi connectivity index (χ3n) is 2.37. The van der Waals surface area contributed by atoms with E-state index in [9.17, 15) is 9.18 Å². The topological polar surface area (TPSA) is 47.6 Å². The van der Waals surface area contributed by atoms with Gasteiger partial charge in [-0.15, -0.1) is 0 Å². The summed E-state index contributed by atoms with van der Waals surface area (Å²) in [7, 11) is 1.54. The molecule has 4 nitrogen and oxygen atoms in total. The molecule has 100 valence electrons. The van der Waals surface area contributed by atoms with Gasteiger partial charge in [-0.1, -0.05) is 0 Å². The van der Waals surface area contributed by atoms with E-state index in [1.807, 2.05) is 0 Å². The van der Waals surface area contributed by atoms with Gasteiger partial charge in [0.1, 0.15) is 11.6 Å². The molecule has 0 saturated carbocycles. The minimum Gasteiger partial charge on any atom is -0.496 e. The van der Waals surface area contributed by atoms with Crippen molar-refractivity contribution in [3.63, 3.8) is 0 Å². The second-order valence-corrected chi connectivity index (χ2v) is 3.69. The van der Waals surface area contributed by atoms with Crippen molar-refractivity contribution in [1.82, 2.24) is 5.32 Å². The smallest absolute Gasteiger partial charge is 0.307 e. The van der Waals surface area contributed by atoms with E-state index in [-0.39, 0.29) is 11.8 Å². The number of esters is 1. The van der Waals surface area contributed by atoms with Crippen LogP contribution in [-0.4, -0.2) is 26.2 Å². The van der Waals surface area contributed by atoms with Gasteiger partial charge < -0.3 is 14.8 Å². The molecule has 0 amide bonds. The summed E-state index contributed by atoms with van der Waals surface area (Å²) < 4.78 is 23.0. The number of halogens is 1. The lowest BCUT2D eigenvalue weighted by Crippen LogP contribution is -2.19. The Morgan fingerprint density at radius 3 is 2.89 bits per heavy atom. The predicted molar refractivity (Wildman–Crippen MR) is 65.9 cm³/mol. The average molecular weight is 255 g/mol. The summed E-state index contributed by atoms with van der Waals surface area (Å²) in [6.07, 6.45) is 0.297. The molecule has 18 heavy (non-hydrogen) atoms. The Bertz CT molecular complexity index is 396. The molecule has 0 atom stereocenters. The Balaban J connectivity index is 2.39. The molecular formula is C13H18FNO3. The Hall–Kier alpha value is -1.62. The van der Waals surface area contributed by atoms with E-state index in [0.29, 0.717) is 31.9 Å². The molecule has 5 heteroatoms. The van der Waals surface area contributed by atoms with Gasteiger partial charge in [0.15, 0.2) is 0 Å². The van der Waals surface area contributed by atoms with Crippen molar-refractivity contribution in [2.24, 2.45) is 0 Å². The van der Waals surface area contributed by atoms with E-state index >= 15 is 0 Å². The first-order valence-electron chi connectivity index (χ1n) is 5.86. The van der Waals surface area contributed by atoms with Crippen LogP contribution in [0.3, 0.4) is 0 Å². The maximum Gasteiger partial charge on any atom is 0.307 e. The molecule has 0 aliphatic carbocycles. The van der Waals surface area contributed by atoms with Crippen LogP contribution in [0, 0.1) is 5.82 Å². The third-order valence-corrected chi connectivity index (χ3v) is 2.37. The lowest BCUT2D eigenvalue weighted by molar-refractivity contribution is -0.142. The number of methoxy groups -OCH3 is 1. The normalized spacial score (nSPS) is 10.2. The van der Waals surface area contributed by atoms with Crippen LogP contribution < -0.4 is 10.1 Å². The highest BCUT2D eigenvalue weighted by atomic mass is 19.1. The van der Waals surface area contributed by atoms with Gasteiger partial charge in [-0.05, 0) is 25.1 Å². The van der Waals surface area contributed by atoms with Crippen molar-refractivity contribution in [1.29, 1.82) is 0 Å². The van der Waals surface area contributed by atoms with E-state index < -0.39 is 0 Å². The number of hydrogen-bond acceptors (Lipinski definition) is 4. The molecule has 0 radical (unpaired) electrons. The van der Waals surface area contributed by atoms with E-state index in [4.69, 9.17) is 9.47 Å². The van der Waals surface area contributed by atoms with Crippen molar-refractivity contribution in [2.75, 3.05) is 20.3 Å². The summed E-state index contributed by atoms with van der Waals surface area (Å²) in [4.78, 5) is 11.1. The van der Waals surface area contributed by atoms with Gasteiger partial charge in [0, 0.05) is 18.7 Å². The van der Waals surface area contributed by atoms with E-state index in [1.165, 1.54) is 19.2 Å². The van der Waals surface area contributed by atoms with Gasteiger partial charge in [0.2, 0.25) is 0 Å². The van der Waals surface area contributed by atoms with Crippen LogP contribution in [0.25, 0.3) is 0 Å². The molecule has 0 aliphatic heterocycles. The number of carbonyl (C=O) groups excluding carboxylic acids is 1. The lowest BCUT2D eigenvalue weighted by Gasteiger charge is -2.09. The SMILES string of the molecule is CCOC(=O)CCNCc1cc(F)ccc1OC. The van der Waals surface area contributed by atoms with Gasteiger partial charge in [0.05, 0.1) is 20.1 Å². The molecule has 1 N–H and O–H groups in total. The maximum absolute atomic E-state index is 13.1. The Morgan fingerprint density at radius 1 is 1.44 bits per heavy atom. The van der Waals surface area contributed by atoms with E-state index in [1.54, 1.807) is 13.0 Å². The van der Waals surface area contributed by atoms with Crippen molar-refractivity contribution in [3.05, 3.63) is 29.6 Å². The lowest BCUT2D eigenvalue weighted by atomic mass is 10.2. The fourth-order valence-electron chi connectivity index (χ4n) is 1.53. The molecule has 0 bridgehead atoms. The maximum atomic E-state index is 13.1. The van der Waals surface area contributed by atoms with Crippen molar-refractivity contribution < 1.29 is 18.7 Å². The van der Waals surface area contributed by atoms with Crippen LogP contribution >= 0.6 is 0 Å². The van der Waals surface area contributed by atoms with Crippen molar-refractivity contribution in [2.45, 2.75) is 19.9 Å². The standard InChI is InChI=1S/C13H18FNO3/c1-3-18-13(16)6-7-15-9-10-8-11(14)4-5-12(10)17-2/h4-5,8,15H,3,6-7,9H2,1-2H3. The van der Waals surface area contributed by atoms with Crippen LogP contribution in [0.2, 0.25) is 0 Å². The molecule has 0 unspecified atom stereocenters. The van der Waals surface area contributed by atoms with Crippen molar-refractivity contribution >= 4 is 5.97 Å². The molecule has 0 spiro atoms. The van der Waals surface area contributed by atoms with Crippen LogP contribution in [0.1, 0.15) is 18.9 Å². The molecular weight excluding hydrogens is 237 g/mol. The average Bonchev–Trinajstić information content (AvgIpc) is 2.35.